The summed E-state index contributed by atoms with van der Waals surface area (Å²) >= 11 is 0. The van der Waals surface area contributed by atoms with Crippen LogP contribution in [0.25, 0.3) is 11.3 Å². The summed E-state index contributed by atoms with van der Waals surface area (Å²) in [5, 5.41) is 0. The molecule has 36 heavy (non-hydrogen) atoms. The fourth-order valence-electron chi connectivity index (χ4n) is 4.65. The van der Waals surface area contributed by atoms with Crippen LogP contribution in [0.5, 0.6) is 0 Å². The van der Waals surface area contributed by atoms with Crippen molar-refractivity contribution in [1.29, 1.82) is 0 Å². The fraction of sp³-hybridized carbons (Fsp3) is 0.290. The van der Waals surface area contributed by atoms with E-state index in [1.807, 2.05) is 59.5 Å². The van der Waals surface area contributed by atoms with Gasteiger partial charge in [0.1, 0.15) is 5.82 Å². The van der Waals surface area contributed by atoms with Gasteiger partial charge in [-0.05, 0) is 36.1 Å². The van der Waals surface area contributed by atoms with Crippen molar-refractivity contribution in [3.05, 3.63) is 114 Å². The molecule has 0 aliphatic rings. The maximum atomic E-state index is 13.9. The third-order valence-electron chi connectivity index (χ3n) is 6.33. The molecule has 5 heteroatoms. The van der Waals surface area contributed by atoms with Gasteiger partial charge in [0.25, 0.3) is 5.91 Å². The predicted molar refractivity (Wildman–Crippen MR) is 147 cm³/mol. The minimum atomic E-state index is -0.271. The Morgan fingerprint density at radius 3 is 2.08 bits per heavy atom. The fourth-order valence-corrected chi connectivity index (χ4v) is 4.65. The summed E-state index contributed by atoms with van der Waals surface area (Å²) in [7, 11) is 0. The molecule has 0 bridgehead atoms. The monoisotopic (exact) mass is 480 g/mol. The van der Waals surface area contributed by atoms with Gasteiger partial charge in [-0.25, -0.2) is 4.98 Å². The van der Waals surface area contributed by atoms with Crippen LogP contribution in [0.1, 0.15) is 55.0 Å². The van der Waals surface area contributed by atoms with E-state index < -0.39 is 0 Å². The SMILES string of the molecule is CC(C)(C)C(c1nc(-c2ccccc2)cn1Cc1ccccc1)N(CCCN)C(=O)c1ccccc1. The molecule has 0 saturated carbocycles. The molecule has 1 amide bonds. The van der Waals surface area contributed by atoms with Gasteiger partial charge in [-0.1, -0.05) is 99.6 Å². The summed E-state index contributed by atoms with van der Waals surface area (Å²) in [5.74, 6) is 0.881. The topological polar surface area (TPSA) is 64.2 Å². The lowest BCUT2D eigenvalue weighted by Gasteiger charge is -2.40. The van der Waals surface area contributed by atoms with E-state index in [0.717, 1.165) is 23.5 Å². The Labute approximate surface area is 214 Å². The van der Waals surface area contributed by atoms with E-state index in [4.69, 9.17) is 10.7 Å². The molecule has 0 saturated heterocycles. The van der Waals surface area contributed by atoms with Crippen molar-refractivity contribution in [1.82, 2.24) is 14.5 Å². The highest BCUT2D eigenvalue weighted by Crippen LogP contribution is 2.39. The van der Waals surface area contributed by atoms with E-state index in [1.165, 1.54) is 5.56 Å². The lowest BCUT2D eigenvalue weighted by atomic mass is 9.84. The smallest absolute Gasteiger partial charge is 0.254 e. The first-order valence-corrected chi connectivity index (χ1v) is 12.6. The van der Waals surface area contributed by atoms with E-state index in [-0.39, 0.29) is 17.4 Å². The molecule has 3 aromatic carbocycles. The lowest BCUT2D eigenvalue weighted by molar-refractivity contribution is 0.0482. The number of rotatable bonds is 9. The molecule has 0 fully saturated rings. The van der Waals surface area contributed by atoms with Crippen LogP contribution in [0, 0.1) is 5.41 Å². The number of carbonyl (C=O) groups excluding carboxylic acids is 1. The van der Waals surface area contributed by atoms with E-state index in [1.54, 1.807) is 0 Å². The molecular weight excluding hydrogens is 444 g/mol. The van der Waals surface area contributed by atoms with Crippen molar-refractivity contribution >= 4 is 5.91 Å². The van der Waals surface area contributed by atoms with Crippen molar-refractivity contribution in [2.45, 2.75) is 39.8 Å². The lowest BCUT2D eigenvalue weighted by Crippen LogP contribution is -2.43. The number of amides is 1. The molecule has 1 unspecified atom stereocenters. The Morgan fingerprint density at radius 1 is 0.917 bits per heavy atom. The number of nitrogens with zero attached hydrogens (tertiary/aromatic N) is 3. The van der Waals surface area contributed by atoms with Crippen LogP contribution < -0.4 is 5.73 Å². The van der Waals surface area contributed by atoms with Crippen molar-refractivity contribution in [2.24, 2.45) is 11.1 Å². The summed E-state index contributed by atoms with van der Waals surface area (Å²) < 4.78 is 2.21. The normalized spacial score (nSPS) is 12.3. The summed E-state index contributed by atoms with van der Waals surface area (Å²) in [6, 6.07) is 29.8. The average Bonchev–Trinajstić information content (AvgIpc) is 3.29. The quantitative estimate of drug-likeness (QED) is 0.311. The largest absolute Gasteiger partial charge is 0.330 e. The number of aromatic nitrogens is 2. The van der Waals surface area contributed by atoms with Gasteiger partial charge in [0.2, 0.25) is 0 Å². The van der Waals surface area contributed by atoms with Crippen LogP contribution in [-0.2, 0) is 6.54 Å². The Hall–Kier alpha value is -3.70. The molecule has 4 aromatic rings. The molecule has 0 radical (unpaired) electrons. The Balaban J connectivity index is 1.86. The number of hydrogen-bond donors (Lipinski definition) is 1. The van der Waals surface area contributed by atoms with Crippen molar-refractivity contribution < 1.29 is 4.79 Å². The molecule has 0 aliphatic carbocycles. The van der Waals surface area contributed by atoms with Crippen LogP contribution in [0.3, 0.4) is 0 Å². The first-order valence-electron chi connectivity index (χ1n) is 12.6. The van der Waals surface area contributed by atoms with Gasteiger partial charge < -0.3 is 15.2 Å². The summed E-state index contributed by atoms with van der Waals surface area (Å²) in [5.41, 5.74) is 9.47. The molecule has 186 valence electrons. The summed E-state index contributed by atoms with van der Waals surface area (Å²) in [6.07, 6.45) is 2.83. The third-order valence-corrected chi connectivity index (χ3v) is 6.33. The van der Waals surface area contributed by atoms with Crippen LogP contribution >= 0.6 is 0 Å². The second-order valence-electron chi connectivity index (χ2n) is 10.2. The van der Waals surface area contributed by atoms with E-state index in [0.29, 0.717) is 25.2 Å². The first-order chi connectivity index (χ1) is 17.4. The van der Waals surface area contributed by atoms with Crippen LogP contribution in [0.4, 0.5) is 0 Å². The molecule has 1 aromatic heterocycles. The zero-order chi connectivity index (χ0) is 25.5. The van der Waals surface area contributed by atoms with Crippen molar-refractivity contribution in [2.75, 3.05) is 13.1 Å². The van der Waals surface area contributed by atoms with Gasteiger partial charge >= 0.3 is 0 Å². The number of carbonyl (C=O) groups is 1. The molecular formula is C31H36N4O. The van der Waals surface area contributed by atoms with Gasteiger partial charge in [-0.15, -0.1) is 0 Å². The molecule has 1 atom stereocenters. The van der Waals surface area contributed by atoms with E-state index in [9.17, 15) is 4.79 Å². The van der Waals surface area contributed by atoms with Crippen LogP contribution in [-0.4, -0.2) is 33.4 Å². The second-order valence-corrected chi connectivity index (χ2v) is 10.2. The van der Waals surface area contributed by atoms with Gasteiger partial charge in [0.05, 0.1) is 11.7 Å². The third kappa shape index (κ3) is 5.92. The average molecular weight is 481 g/mol. The van der Waals surface area contributed by atoms with Gasteiger partial charge in [-0.2, -0.15) is 0 Å². The molecule has 4 rings (SSSR count). The number of benzene rings is 3. The zero-order valence-electron chi connectivity index (χ0n) is 21.5. The standard InChI is InChI=1S/C31H36N4O/c1-31(2,3)28(35(21-13-20-32)30(36)26-18-11-6-12-19-26)29-33-27(25-16-9-5-10-17-25)23-34(29)22-24-14-7-4-8-15-24/h4-12,14-19,23,28H,13,20-22,32H2,1-3H3. The van der Waals surface area contributed by atoms with Gasteiger partial charge in [-0.3, -0.25) is 4.79 Å². The van der Waals surface area contributed by atoms with Crippen molar-refractivity contribution in [3.8, 4) is 11.3 Å². The van der Waals surface area contributed by atoms with E-state index in [2.05, 4.69) is 67.9 Å². The minimum absolute atomic E-state index is 0.000466. The highest BCUT2D eigenvalue weighted by atomic mass is 16.2. The zero-order valence-corrected chi connectivity index (χ0v) is 21.5. The predicted octanol–water partition coefficient (Wildman–Crippen LogP) is 6.18. The highest BCUT2D eigenvalue weighted by Gasteiger charge is 2.38. The summed E-state index contributed by atoms with van der Waals surface area (Å²) in [6.45, 7) is 8.28. The Bertz CT molecular complexity index is 1240. The summed E-state index contributed by atoms with van der Waals surface area (Å²) in [4.78, 5) is 21.1. The van der Waals surface area contributed by atoms with Gasteiger partial charge in [0, 0.05) is 30.4 Å². The molecule has 5 nitrogen and oxygen atoms in total. The molecule has 1 heterocycles. The molecule has 0 aliphatic heterocycles. The van der Waals surface area contributed by atoms with Crippen LogP contribution in [0.2, 0.25) is 0 Å². The number of hydrogen-bond acceptors (Lipinski definition) is 3. The van der Waals surface area contributed by atoms with Gasteiger partial charge in [0.15, 0.2) is 0 Å². The maximum Gasteiger partial charge on any atom is 0.254 e. The van der Waals surface area contributed by atoms with E-state index >= 15 is 0 Å². The first kappa shape index (κ1) is 25.4. The molecule has 2 N–H and O–H groups in total. The molecule has 0 spiro atoms. The minimum Gasteiger partial charge on any atom is -0.330 e. The highest BCUT2D eigenvalue weighted by molar-refractivity contribution is 5.94. The number of nitrogens with two attached hydrogens (primary N) is 1. The Morgan fingerprint density at radius 2 is 1.50 bits per heavy atom. The number of imidazole rings is 1. The van der Waals surface area contributed by atoms with Crippen LogP contribution in [0.15, 0.2) is 97.2 Å². The van der Waals surface area contributed by atoms with Crippen molar-refractivity contribution in [3.63, 3.8) is 0 Å². The Kier molecular flexibility index (Phi) is 8.01. The second kappa shape index (κ2) is 11.4. The maximum absolute atomic E-state index is 13.9.